The molecule has 0 radical (unpaired) electrons. The summed E-state index contributed by atoms with van der Waals surface area (Å²) in [4.78, 5) is 0. The van der Waals surface area contributed by atoms with E-state index in [0.717, 1.165) is 0 Å². The quantitative estimate of drug-likeness (QED) is 0.482. The highest BCUT2D eigenvalue weighted by Gasteiger charge is 2.11. The first-order valence-corrected chi connectivity index (χ1v) is 8.51. The standard InChI is InChI=1S/C17H28S/c1-4-6-7-8-11-14-18-17(5-2)16-13-10-9-12-15(16)3/h9-10,12-13,17H,4-8,11,14H2,1-3H3. The average Bonchev–Trinajstić information content (AvgIpc) is 2.39. The maximum atomic E-state index is 2.31. The van der Waals surface area contributed by atoms with Crippen LogP contribution in [0, 0.1) is 6.92 Å². The Morgan fingerprint density at radius 3 is 2.39 bits per heavy atom. The molecule has 1 rings (SSSR count). The van der Waals surface area contributed by atoms with Gasteiger partial charge >= 0.3 is 0 Å². The van der Waals surface area contributed by atoms with Crippen LogP contribution in [0.4, 0.5) is 0 Å². The zero-order chi connectivity index (χ0) is 13.2. The van der Waals surface area contributed by atoms with E-state index in [2.05, 4.69) is 56.8 Å². The number of hydrogen-bond donors (Lipinski definition) is 0. The largest absolute Gasteiger partial charge is 0.154 e. The summed E-state index contributed by atoms with van der Waals surface area (Å²) in [5.74, 6) is 1.32. The van der Waals surface area contributed by atoms with Crippen molar-refractivity contribution in [3.63, 3.8) is 0 Å². The molecule has 0 aliphatic heterocycles. The van der Waals surface area contributed by atoms with E-state index >= 15 is 0 Å². The minimum Gasteiger partial charge on any atom is -0.154 e. The Kier molecular flexibility index (Phi) is 8.24. The van der Waals surface area contributed by atoms with Crippen molar-refractivity contribution in [3.05, 3.63) is 35.4 Å². The summed E-state index contributed by atoms with van der Waals surface area (Å²) in [6.07, 6.45) is 8.19. The summed E-state index contributed by atoms with van der Waals surface area (Å²) in [6.45, 7) is 6.82. The van der Waals surface area contributed by atoms with Crippen molar-refractivity contribution in [2.45, 2.75) is 64.5 Å². The van der Waals surface area contributed by atoms with Crippen molar-refractivity contribution in [2.24, 2.45) is 0 Å². The summed E-state index contributed by atoms with van der Waals surface area (Å²) < 4.78 is 0. The zero-order valence-electron chi connectivity index (χ0n) is 12.2. The van der Waals surface area contributed by atoms with Gasteiger partial charge in [-0.2, -0.15) is 11.8 Å². The molecule has 0 N–H and O–H groups in total. The Hall–Kier alpha value is -0.430. The van der Waals surface area contributed by atoms with Gasteiger partial charge in [0.05, 0.1) is 0 Å². The maximum absolute atomic E-state index is 2.31. The van der Waals surface area contributed by atoms with Crippen LogP contribution < -0.4 is 0 Å². The molecule has 0 saturated carbocycles. The number of unbranched alkanes of at least 4 members (excludes halogenated alkanes) is 4. The van der Waals surface area contributed by atoms with E-state index in [1.165, 1.54) is 49.8 Å². The summed E-state index contributed by atoms with van der Waals surface area (Å²) in [5, 5.41) is 0.692. The predicted molar refractivity (Wildman–Crippen MR) is 85.4 cm³/mol. The number of rotatable bonds is 9. The van der Waals surface area contributed by atoms with Gasteiger partial charge in [0.15, 0.2) is 0 Å². The van der Waals surface area contributed by atoms with Crippen LogP contribution in [-0.2, 0) is 0 Å². The smallest absolute Gasteiger partial charge is 0.0297 e. The van der Waals surface area contributed by atoms with Crippen LogP contribution in [0.3, 0.4) is 0 Å². The van der Waals surface area contributed by atoms with Crippen LogP contribution in [0.5, 0.6) is 0 Å². The third-order valence-corrected chi connectivity index (χ3v) is 4.99. The van der Waals surface area contributed by atoms with E-state index in [0.29, 0.717) is 5.25 Å². The summed E-state index contributed by atoms with van der Waals surface area (Å²) in [7, 11) is 0. The molecule has 102 valence electrons. The fourth-order valence-electron chi connectivity index (χ4n) is 2.31. The van der Waals surface area contributed by atoms with Gasteiger partial charge in [-0.05, 0) is 36.6 Å². The minimum atomic E-state index is 0.692. The molecule has 0 amide bonds. The van der Waals surface area contributed by atoms with Crippen LogP contribution in [-0.4, -0.2) is 5.75 Å². The molecule has 0 fully saturated rings. The van der Waals surface area contributed by atoms with E-state index in [9.17, 15) is 0 Å². The minimum absolute atomic E-state index is 0.692. The monoisotopic (exact) mass is 264 g/mol. The number of hydrogen-bond acceptors (Lipinski definition) is 1. The van der Waals surface area contributed by atoms with Gasteiger partial charge in [-0.1, -0.05) is 63.8 Å². The van der Waals surface area contributed by atoms with E-state index in [-0.39, 0.29) is 0 Å². The van der Waals surface area contributed by atoms with Crippen molar-refractivity contribution in [1.29, 1.82) is 0 Å². The van der Waals surface area contributed by atoms with Gasteiger partial charge in [0, 0.05) is 5.25 Å². The molecule has 0 saturated heterocycles. The topological polar surface area (TPSA) is 0 Å². The molecule has 0 bridgehead atoms. The van der Waals surface area contributed by atoms with Gasteiger partial charge in [-0.15, -0.1) is 0 Å². The van der Waals surface area contributed by atoms with Crippen molar-refractivity contribution in [2.75, 3.05) is 5.75 Å². The van der Waals surface area contributed by atoms with Crippen LogP contribution in [0.1, 0.15) is 68.7 Å². The van der Waals surface area contributed by atoms with Gasteiger partial charge in [0.25, 0.3) is 0 Å². The van der Waals surface area contributed by atoms with Crippen molar-refractivity contribution in [1.82, 2.24) is 0 Å². The second-order valence-electron chi connectivity index (χ2n) is 5.04. The lowest BCUT2D eigenvalue weighted by molar-refractivity contribution is 0.659. The SMILES string of the molecule is CCCCCCCSC(CC)c1ccccc1C. The molecule has 0 nitrogen and oxygen atoms in total. The van der Waals surface area contributed by atoms with Gasteiger partial charge in [0.2, 0.25) is 0 Å². The summed E-state index contributed by atoms with van der Waals surface area (Å²) >= 11 is 2.15. The molecule has 1 aromatic rings. The van der Waals surface area contributed by atoms with Crippen molar-refractivity contribution >= 4 is 11.8 Å². The molecule has 1 atom stereocenters. The van der Waals surface area contributed by atoms with Crippen LogP contribution in [0.15, 0.2) is 24.3 Å². The highest BCUT2D eigenvalue weighted by atomic mass is 32.2. The van der Waals surface area contributed by atoms with Gasteiger partial charge < -0.3 is 0 Å². The zero-order valence-corrected chi connectivity index (χ0v) is 13.1. The van der Waals surface area contributed by atoms with E-state index in [1.54, 1.807) is 5.56 Å². The number of thioether (sulfide) groups is 1. The Morgan fingerprint density at radius 1 is 1.00 bits per heavy atom. The molecule has 0 aliphatic carbocycles. The first-order valence-electron chi connectivity index (χ1n) is 7.46. The predicted octanol–water partition coefficient (Wildman–Crippen LogP) is 6.15. The molecule has 0 aliphatic rings. The first-order chi connectivity index (χ1) is 8.79. The first kappa shape index (κ1) is 15.6. The van der Waals surface area contributed by atoms with E-state index in [1.807, 2.05) is 0 Å². The Balaban J connectivity index is 2.32. The van der Waals surface area contributed by atoms with Gasteiger partial charge in [-0.25, -0.2) is 0 Å². The lowest BCUT2D eigenvalue weighted by Gasteiger charge is -2.17. The highest BCUT2D eigenvalue weighted by Crippen LogP contribution is 2.34. The molecule has 1 aromatic carbocycles. The molecule has 1 unspecified atom stereocenters. The third kappa shape index (κ3) is 5.48. The fraction of sp³-hybridized carbons (Fsp3) is 0.647. The summed E-state index contributed by atoms with van der Waals surface area (Å²) in [6, 6.07) is 8.85. The molecule has 0 spiro atoms. The average molecular weight is 264 g/mol. The Morgan fingerprint density at radius 2 is 1.72 bits per heavy atom. The molecular formula is C17H28S. The normalized spacial score (nSPS) is 12.6. The van der Waals surface area contributed by atoms with E-state index < -0.39 is 0 Å². The summed E-state index contributed by atoms with van der Waals surface area (Å²) in [5.41, 5.74) is 2.99. The molecular weight excluding hydrogens is 236 g/mol. The maximum Gasteiger partial charge on any atom is 0.0297 e. The Labute approximate surface area is 118 Å². The van der Waals surface area contributed by atoms with Crippen LogP contribution in [0.2, 0.25) is 0 Å². The molecule has 0 aromatic heterocycles. The third-order valence-electron chi connectivity index (χ3n) is 3.47. The lowest BCUT2D eigenvalue weighted by Crippen LogP contribution is -1.97. The second kappa shape index (κ2) is 9.49. The van der Waals surface area contributed by atoms with Crippen molar-refractivity contribution in [3.8, 4) is 0 Å². The van der Waals surface area contributed by atoms with Gasteiger partial charge in [0.1, 0.15) is 0 Å². The molecule has 18 heavy (non-hydrogen) atoms. The fourth-order valence-corrected chi connectivity index (χ4v) is 3.64. The molecule has 1 heteroatoms. The van der Waals surface area contributed by atoms with E-state index in [4.69, 9.17) is 0 Å². The van der Waals surface area contributed by atoms with Gasteiger partial charge in [-0.3, -0.25) is 0 Å². The molecule has 0 heterocycles. The van der Waals surface area contributed by atoms with Crippen LogP contribution in [0.25, 0.3) is 0 Å². The number of benzene rings is 1. The van der Waals surface area contributed by atoms with Crippen LogP contribution >= 0.6 is 11.8 Å². The number of aryl methyl sites for hydroxylation is 1. The van der Waals surface area contributed by atoms with Crippen molar-refractivity contribution < 1.29 is 0 Å². The lowest BCUT2D eigenvalue weighted by atomic mass is 10.0. The second-order valence-corrected chi connectivity index (χ2v) is 6.35. The highest BCUT2D eigenvalue weighted by molar-refractivity contribution is 7.99. The Bertz CT molecular complexity index is 319.